The van der Waals surface area contributed by atoms with Gasteiger partial charge < -0.3 is 0 Å². The molecule has 1 heterocycles. The molecule has 88 valence electrons. The zero-order chi connectivity index (χ0) is 11.7. The molecule has 2 nitrogen and oxygen atoms in total. The molecule has 2 aliphatic carbocycles. The minimum atomic E-state index is -2.98. The molecule has 0 N–H and O–H groups in total. The molecule has 16 heavy (non-hydrogen) atoms. The van der Waals surface area contributed by atoms with Gasteiger partial charge in [0.2, 0.25) is 0 Å². The van der Waals surface area contributed by atoms with Crippen LogP contribution in [0.4, 0.5) is 17.6 Å². The molecule has 1 fully saturated rings. The van der Waals surface area contributed by atoms with E-state index in [-0.39, 0.29) is 17.8 Å². The van der Waals surface area contributed by atoms with Crippen molar-refractivity contribution in [1.29, 1.82) is 0 Å². The minimum absolute atomic E-state index is 0.117. The van der Waals surface area contributed by atoms with Crippen LogP contribution in [0.5, 0.6) is 0 Å². The zero-order valence-electron chi connectivity index (χ0n) is 8.55. The van der Waals surface area contributed by atoms with Gasteiger partial charge in [0.25, 0.3) is 12.3 Å². The number of aromatic nitrogens is 2. The molecule has 1 aromatic rings. The maximum Gasteiger partial charge on any atom is 0.293 e. The Bertz CT molecular complexity index is 452. The zero-order valence-corrected chi connectivity index (χ0v) is 8.55. The Morgan fingerprint density at radius 3 is 2.75 bits per heavy atom. The first-order valence-corrected chi connectivity index (χ1v) is 5.25. The number of aryl methyl sites for hydroxylation is 1. The molecular weight excluding hydrogens is 224 g/mol. The molecule has 0 radical (unpaired) electrons. The topological polar surface area (TPSA) is 17.8 Å². The lowest BCUT2D eigenvalue weighted by atomic mass is 10.1. The van der Waals surface area contributed by atoms with Crippen LogP contribution >= 0.6 is 0 Å². The number of hydrogen-bond acceptors (Lipinski definition) is 1. The number of halogens is 4. The number of rotatable bonds is 2. The smallest absolute Gasteiger partial charge is 0.263 e. The van der Waals surface area contributed by atoms with Crippen LogP contribution in [0.15, 0.2) is 0 Å². The van der Waals surface area contributed by atoms with Gasteiger partial charge in [0.05, 0.1) is 0 Å². The fourth-order valence-corrected chi connectivity index (χ4v) is 2.69. The Kier molecular flexibility index (Phi) is 1.76. The molecule has 1 saturated carbocycles. The molecule has 0 spiro atoms. The van der Waals surface area contributed by atoms with Gasteiger partial charge in [-0.05, 0) is 19.3 Å². The molecule has 0 aromatic carbocycles. The largest absolute Gasteiger partial charge is 0.293 e. The molecule has 6 heteroatoms. The van der Waals surface area contributed by atoms with Crippen molar-refractivity contribution in [3.63, 3.8) is 0 Å². The van der Waals surface area contributed by atoms with Gasteiger partial charge in [-0.3, -0.25) is 4.68 Å². The summed E-state index contributed by atoms with van der Waals surface area (Å²) in [7, 11) is 0. The fourth-order valence-electron chi connectivity index (χ4n) is 2.69. The van der Waals surface area contributed by atoms with Gasteiger partial charge >= 0.3 is 0 Å². The standard InChI is InChI=1S/C10H10F4N2/c1-2-16-8-6(7(15-16)9(11)12)4-3-5(4)10(8,13)14/h4-5,9H,2-3H2,1H3/t4-,5+/m1/s1. The Morgan fingerprint density at radius 2 is 2.19 bits per heavy atom. The summed E-state index contributed by atoms with van der Waals surface area (Å²) in [6, 6.07) is 0. The van der Waals surface area contributed by atoms with E-state index in [2.05, 4.69) is 5.10 Å². The van der Waals surface area contributed by atoms with Crippen molar-refractivity contribution >= 4 is 0 Å². The summed E-state index contributed by atoms with van der Waals surface area (Å²) >= 11 is 0. The van der Waals surface area contributed by atoms with E-state index in [4.69, 9.17) is 0 Å². The summed E-state index contributed by atoms with van der Waals surface area (Å²) in [5, 5.41) is 3.61. The first kappa shape index (κ1) is 10.1. The first-order chi connectivity index (χ1) is 7.48. The van der Waals surface area contributed by atoms with Crippen molar-refractivity contribution in [2.24, 2.45) is 5.92 Å². The van der Waals surface area contributed by atoms with Crippen molar-refractivity contribution in [1.82, 2.24) is 9.78 Å². The van der Waals surface area contributed by atoms with E-state index in [0.717, 1.165) is 4.68 Å². The Hall–Kier alpha value is -1.07. The second kappa shape index (κ2) is 2.78. The highest BCUT2D eigenvalue weighted by molar-refractivity contribution is 5.46. The van der Waals surface area contributed by atoms with Gasteiger partial charge in [0, 0.05) is 18.0 Å². The Labute approximate surface area is 89.2 Å². The number of alkyl halides is 4. The van der Waals surface area contributed by atoms with Crippen molar-refractivity contribution in [3.05, 3.63) is 17.0 Å². The van der Waals surface area contributed by atoms with Crippen molar-refractivity contribution in [2.45, 2.75) is 38.2 Å². The summed E-state index contributed by atoms with van der Waals surface area (Å²) in [5.41, 5.74) is -0.597. The summed E-state index contributed by atoms with van der Waals surface area (Å²) in [4.78, 5) is 0. The van der Waals surface area contributed by atoms with E-state index in [9.17, 15) is 17.6 Å². The molecule has 0 amide bonds. The third-order valence-corrected chi connectivity index (χ3v) is 3.47. The predicted octanol–water partition coefficient (Wildman–Crippen LogP) is 3.05. The molecule has 2 aliphatic rings. The second-order valence-electron chi connectivity index (χ2n) is 4.34. The van der Waals surface area contributed by atoms with Gasteiger partial charge in [-0.1, -0.05) is 0 Å². The van der Waals surface area contributed by atoms with Gasteiger partial charge in [-0.15, -0.1) is 0 Å². The van der Waals surface area contributed by atoms with Crippen LogP contribution in [0.1, 0.15) is 42.6 Å². The molecule has 0 bridgehead atoms. The minimum Gasteiger partial charge on any atom is -0.263 e. The highest BCUT2D eigenvalue weighted by atomic mass is 19.3. The normalized spacial score (nSPS) is 29.4. The summed E-state index contributed by atoms with van der Waals surface area (Å²) in [6.45, 7) is 1.83. The maximum absolute atomic E-state index is 13.8. The lowest BCUT2D eigenvalue weighted by Crippen LogP contribution is -2.19. The highest BCUT2D eigenvalue weighted by Gasteiger charge is 2.67. The summed E-state index contributed by atoms with van der Waals surface area (Å²) in [5.74, 6) is -4.14. The van der Waals surface area contributed by atoms with E-state index in [1.807, 2.05) is 0 Å². The van der Waals surface area contributed by atoms with E-state index < -0.39 is 29.9 Å². The van der Waals surface area contributed by atoms with Gasteiger partial charge in [0.15, 0.2) is 0 Å². The van der Waals surface area contributed by atoms with E-state index in [1.165, 1.54) is 0 Å². The van der Waals surface area contributed by atoms with Gasteiger partial charge in [-0.2, -0.15) is 13.9 Å². The molecule has 3 rings (SSSR count). The lowest BCUT2D eigenvalue weighted by molar-refractivity contribution is -0.0309. The van der Waals surface area contributed by atoms with Crippen LogP contribution in [0, 0.1) is 5.92 Å². The van der Waals surface area contributed by atoms with Crippen LogP contribution in [0.3, 0.4) is 0 Å². The number of nitrogens with zero attached hydrogens (tertiary/aromatic N) is 2. The van der Waals surface area contributed by atoms with Crippen LogP contribution in [-0.2, 0) is 12.5 Å². The average Bonchev–Trinajstić information content (AvgIpc) is 2.85. The van der Waals surface area contributed by atoms with Gasteiger partial charge in [-0.25, -0.2) is 8.78 Å². The molecule has 0 aliphatic heterocycles. The van der Waals surface area contributed by atoms with Crippen molar-refractivity contribution in [3.8, 4) is 0 Å². The first-order valence-electron chi connectivity index (χ1n) is 5.25. The molecule has 0 unspecified atom stereocenters. The third kappa shape index (κ3) is 0.999. The summed E-state index contributed by atoms with van der Waals surface area (Å²) < 4.78 is 54.0. The SMILES string of the molecule is CCn1nc(C(F)F)c2c1C(F)(F)[C@H]1C[C@@H]21. The quantitative estimate of drug-likeness (QED) is 0.719. The molecule has 1 aromatic heterocycles. The average molecular weight is 234 g/mol. The molecule has 0 saturated heterocycles. The predicted molar refractivity (Wildman–Crippen MR) is 47.6 cm³/mol. The third-order valence-electron chi connectivity index (χ3n) is 3.47. The lowest BCUT2D eigenvalue weighted by Gasteiger charge is -2.14. The van der Waals surface area contributed by atoms with Crippen molar-refractivity contribution < 1.29 is 17.6 Å². The second-order valence-corrected chi connectivity index (χ2v) is 4.34. The van der Waals surface area contributed by atoms with Crippen LogP contribution < -0.4 is 0 Å². The molecule has 2 atom stereocenters. The fraction of sp³-hybridized carbons (Fsp3) is 0.700. The highest BCUT2D eigenvalue weighted by Crippen LogP contribution is 2.68. The Morgan fingerprint density at radius 1 is 1.50 bits per heavy atom. The van der Waals surface area contributed by atoms with Crippen LogP contribution in [-0.4, -0.2) is 9.78 Å². The Balaban J connectivity index is 2.22. The van der Waals surface area contributed by atoms with E-state index in [1.54, 1.807) is 6.92 Å². The van der Waals surface area contributed by atoms with Gasteiger partial charge in [0.1, 0.15) is 11.4 Å². The van der Waals surface area contributed by atoms with Crippen molar-refractivity contribution in [2.75, 3.05) is 0 Å². The monoisotopic (exact) mass is 234 g/mol. The number of hydrogen-bond donors (Lipinski definition) is 0. The van der Waals surface area contributed by atoms with Crippen LogP contribution in [0.2, 0.25) is 0 Å². The van der Waals surface area contributed by atoms with E-state index in [0.29, 0.717) is 6.42 Å². The number of fused-ring (bicyclic) bond motifs is 3. The maximum atomic E-state index is 13.8. The van der Waals surface area contributed by atoms with E-state index >= 15 is 0 Å². The van der Waals surface area contributed by atoms with Crippen LogP contribution in [0.25, 0.3) is 0 Å². The summed E-state index contributed by atoms with van der Waals surface area (Å²) in [6.07, 6.45) is -2.45. The molecular formula is C10H10F4N2.